The van der Waals surface area contributed by atoms with E-state index < -0.39 is 0 Å². The number of nitrogens with zero attached hydrogens (tertiary/aromatic N) is 1. The summed E-state index contributed by atoms with van der Waals surface area (Å²) in [5.41, 5.74) is 1.21. The molecule has 1 aromatic carbocycles. The van der Waals surface area contributed by atoms with Gasteiger partial charge in [-0.3, -0.25) is 4.90 Å². The zero-order chi connectivity index (χ0) is 13.5. The van der Waals surface area contributed by atoms with Crippen molar-refractivity contribution in [1.82, 2.24) is 10.2 Å². The van der Waals surface area contributed by atoms with E-state index in [2.05, 4.69) is 22.3 Å². The Morgan fingerprint density at radius 3 is 2.68 bits per heavy atom. The molecule has 0 atom stereocenters. The lowest BCUT2D eigenvalue weighted by atomic mass is 10.2. The standard InChI is InChI=1S/C15H24N2O2/c1-16-12-13-5-6-14(18-2)15(11-13)19-10-9-17-7-3-4-8-17/h5-6,11,16H,3-4,7-10,12H2,1-2H3. The van der Waals surface area contributed by atoms with Crippen LogP contribution in [0, 0.1) is 0 Å². The lowest BCUT2D eigenvalue weighted by Gasteiger charge is -2.16. The van der Waals surface area contributed by atoms with E-state index in [0.717, 1.165) is 31.2 Å². The highest BCUT2D eigenvalue weighted by molar-refractivity contribution is 5.42. The Labute approximate surface area is 115 Å². The number of nitrogens with one attached hydrogen (secondary N) is 1. The Morgan fingerprint density at radius 2 is 2.00 bits per heavy atom. The van der Waals surface area contributed by atoms with Crippen LogP contribution >= 0.6 is 0 Å². The van der Waals surface area contributed by atoms with E-state index in [1.54, 1.807) is 7.11 Å². The summed E-state index contributed by atoms with van der Waals surface area (Å²) in [4.78, 5) is 2.45. The molecule has 4 heteroatoms. The maximum atomic E-state index is 5.88. The minimum Gasteiger partial charge on any atom is -0.493 e. The van der Waals surface area contributed by atoms with E-state index in [9.17, 15) is 0 Å². The van der Waals surface area contributed by atoms with Crippen LogP contribution in [0.5, 0.6) is 11.5 Å². The third-order valence-corrected chi connectivity index (χ3v) is 3.47. The molecular formula is C15H24N2O2. The van der Waals surface area contributed by atoms with E-state index in [4.69, 9.17) is 9.47 Å². The Balaban J connectivity index is 1.90. The van der Waals surface area contributed by atoms with Gasteiger partial charge in [-0.25, -0.2) is 0 Å². The molecule has 1 aromatic rings. The SMILES string of the molecule is CNCc1ccc(OC)c(OCCN2CCCC2)c1. The zero-order valence-electron chi connectivity index (χ0n) is 11.9. The molecule has 0 spiro atoms. The highest BCUT2D eigenvalue weighted by Gasteiger charge is 2.12. The number of likely N-dealkylation sites (tertiary alicyclic amines) is 1. The fraction of sp³-hybridized carbons (Fsp3) is 0.600. The van der Waals surface area contributed by atoms with Gasteiger partial charge in [0.05, 0.1) is 7.11 Å². The van der Waals surface area contributed by atoms with Crippen molar-refractivity contribution in [3.8, 4) is 11.5 Å². The second-order valence-electron chi connectivity index (χ2n) is 4.91. The predicted molar refractivity (Wildman–Crippen MR) is 76.9 cm³/mol. The largest absolute Gasteiger partial charge is 0.493 e. The first-order valence-electron chi connectivity index (χ1n) is 7.00. The Kier molecular flexibility index (Phi) is 5.48. The van der Waals surface area contributed by atoms with Gasteiger partial charge in [0.1, 0.15) is 6.61 Å². The molecule has 1 aliphatic rings. The van der Waals surface area contributed by atoms with Gasteiger partial charge in [-0.2, -0.15) is 0 Å². The topological polar surface area (TPSA) is 33.7 Å². The maximum Gasteiger partial charge on any atom is 0.161 e. The summed E-state index contributed by atoms with van der Waals surface area (Å²) in [5, 5.41) is 3.14. The summed E-state index contributed by atoms with van der Waals surface area (Å²) in [7, 11) is 3.62. The minimum atomic E-state index is 0.722. The normalized spacial score (nSPS) is 15.7. The monoisotopic (exact) mass is 264 g/mol. The van der Waals surface area contributed by atoms with Crippen molar-refractivity contribution in [3.05, 3.63) is 23.8 Å². The van der Waals surface area contributed by atoms with Crippen molar-refractivity contribution in [1.29, 1.82) is 0 Å². The Hall–Kier alpha value is -1.26. The van der Waals surface area contributed by atoms with Crippen molar-refractivity contribution in [2.75, 3.05) is 40.4 Å². The fourth-order valence-corrected chi connectivity index (χ4v) is 2.44. The van der Waals surface area contributed by atoms with E-state index in [1.807, 2.05) is 13.1 Å². The molecule has 0 bridgehead atoms. The molecule has 0 saturated carbocycles. The van der Waals surface area contributed by atoms with Crippen LogP contribution in [0.3, 0.4) is 0 Å². The molecule has 1 saturated heterocycles. The summed E-state index contributed by atoms with van der Waals surface area (Å²) in [6.07, 6.45) is 2.64. The molecule has 0 aromatic heterocycles. The van der Waals surface area contributed by atoms with Crippen molar-refractivity contribution < 1.29 is 9.47 Å². The van der Waals surface area contributed by atoms with E-state index in [1.165, 1.54) is 31.5 Å². The maximum absolute atomic E-state index is 5.88. The number of ether oxygens (including phenoxy) is 2. The van der Waals surface area contributed by atoms with Crippen molar-refractivity contribution in [2.24, 2.45) is 0 Å². The molecule has 1 fully saturated rings. The summed E-state index contributed by atoms with van der Waals surface area (Å²) in [6.45, 7) is 4.98. The molecule has 0 radical (unpaired) electrons. The van der Waals surface area contributed by atoms with E-state index in [-0.39, 0.29) is 0 Å². The number of rotatable bonds is 7. The zero-order valence-corrected chi connectivity index (χ0v) is 11.9. The van der Waals surface area contributed by atoms with Crippen LogP contribution in [0.25, 0.3) is 0 Å². The number of hydrogen-bond acceptors (Lipinski definition) is 4. The Bertz CT molecular complexity index is 390. The van der Waals surface area contributed by atoms with Gasteiger partial charge in [-0.05, 0) is 50.7 Å². The lowest BCUT2D eigenvalue weighted by molar-refractivity contribution is 0.230. The molecule has 1 N–H and O–H groups in total. The van der Waals surface area contributed by atoms with Gasteiger partial charge < -0.3 is 14.8 Å². The molecular weight excluding hydrogens is 240 g/mol. The molecule has 1 heterocycles. The quantitative estimate of drug-likeness (QED) is 0.815. The van der Waals surface area contributed by atoms with Gasteiger partial charge in [0.25, 0.3) is 0 Å². The first-order chi connectivity index (χ1) is 9.33. The fourth-order valence-electron chi connectivity index (χ4n) is 2.44. The van der Waals surface area contributed by atoms with E-state index >= 15 is 0 Å². The van der Waals surface area contributed by atoms with Crippen LogP contribution in [0.2, 0.25) is 0 Å². The molecule has 106 valence electrons. The van der Waals surface area contributed by atoms with Crippen molar-refractivity contribution in [2.45, 2.75) is 19.4 Å². The van der Waals surface area contributed by atoms with Crippen LogP contribution in [-0.4, -0.2) is 45.3 Å². The summed E-state index contributed by atoms with van der Waals surface area (Å²) in [6, 6.07) is 6.08. The summed E-state index contributed by atoms with van der Waals surface area (Å²) in [5.74, 6) is 1.65. The van der Waals surface area contributed by atoms with Crippen LogP contribution in [0.15, 0.2) is 18.2 Å². The predicted octanol–water partition coefficient (Wildman–Crippen LogP) is 1.89. The van der Waals surface area contributed by atoms with E-state index in [0.29, 0.717) is 0 Å². The van der Waals surface area contributed by atoms with Gasteiger partial charge in [0.15, 0.2) is 11.5 Å². The van der Waals surface area contributed by atoms with Crippen LogP contribution in [0.1, 0.15) is 18.4 Å². The first kappa shape index (κ1) is 14.2. The summed E-state index contributed by atoms with van der Waals surface area (Å²) < 4.78 is 11.2. The van der Waals surface area contributed by atoms with Gasteiger partial charge in [-0.15, -0.1) is 0 Å². The second kappa shape index (κ2) is 7.36. The molecule has 19 heavy (non-hydrogen) atoms. The van der Waals surface area contributed by atoms with Gasteiger partial charge in [0.2, 0.25) is 0 Å². The van der Waals surface area contributed by atoms with Crippen LogP contribution in [0.4, 0.5) is 0 Å². The van der Waals surface area contributed by atoms with Crippen LogP contribution < -0.4 is 14.8 Å². The average molecular weight is 264 g/mol. The number of methoxy groups -OCH3 is 1. The molecule has 4 nitrogen and oxygen atoms in total. The van der Waals surface area contributed by atoms with Gasteiger partial charge in [0, 0.05) is 13.1 Å². The van der Waals surface area contributed by atoms with Crippen molar-refractivity contribution in [3.63, 3.8) is 0 Å². The third-order valence-electron chi connectivity index (χ3n) is 3.47. The lowest BCUT2D eigenvalue weighted by Crippen LogP contribution is -2.25. The highest BCUT2D eigenvalue weighted by Crippen LogP contribution is 2.28. The second-order valence-corrected chi connectivity index (χ2v) is 4.91. The Morgan fingerprint density at radius 1 is 1.21 bits per heavy atom. The minimum absolute atomic E-state index is 0.722. The third kappa shape index (κ3) is 4.11. The molecule has 1 aliphatic heterocycles. The smallest absolute Gasteiger partial charge is 0.161 e. The van der Waals surface area contributed by atoms with Crippen LogP contribution in [-0.2, 0) is 6.54 Å². The molecule has 0 unspecified atom stereocenters. The average Bonchev–Trinajstić information content (AvgIpc) is 2.93. The van der Waals surface area contributed by atoms with Gasteiger partial charge in [-0.1, -0.05) is 6.07 Å². The summed E-state index contributed by atoms with van der Waals surface area (Å²) >= 11 is 0. The number of hydrogen-bond donors (Lipinski definition) is 1. The van der Waals surface area contributed by atoms with Gasteiger partial charge >= 0.3 is 0 Å². The first-order valence-corrected chi connectivity index (χ1v) is 7.00. The van der Waals surface area contributed by atoms with Crippen molar-refractivity contribution >= 4 is 0 Å². The molecule has 0 amide bonds. The molecule has 0 aliphatic carbocycles. The number of benzene rings is 1. The highest BCUT2D eigenvalue weighted by atomic mass is 16.5. The molecule has 2 rings (SSSR count).